The highest BCUT2D eigenvalue weighted by Crippen LogP contribution is 2.00. The zero-order valence-corrected chi connectivity index (χ0v) is 12.3. The summed E-state index contributed by atoms with van der Waals surface area (Å²) in [7, 11) is 0. The number of allylic oxidation sites excluding steroid dienone is 3. The molecule has 0 saturated heterocycles. The maximum Gasteiger partial charge on any atom is 0.272 e. The quantitative estimate of drug-likeness (QED) is 0.521. The zero-order valence-electron chi connectivity index (χ0n) is 12.3. The van der Waals surface area contributed by atoms with E-state index in [4.69, 9.17) is 0 Å². The fraction of sp³-hybridized carbons (Fsp3) is 0.0556. The summed E-state index contributed by atoms with van der Waals surface area (Å²) < 4.78 is 0. The number of hydrogen-bond donors (Lipinski definition) is 1. The molecule has 0 unspecified atom stereocenters. The van der Waals surface area contributed by atoms with Crippen LogP contribution < -0.4 is 5.43 Å². The van der Waals surface area contributed by atoms with Crippen LogP contribution in [0.1, 0.15) is 22.8 Å². The van der Waals surface area contributed by atoms with E-state index in [9.17, 15) is 4.79 Å². The monoisotopic (exact) mass is 291 g/mol. The highest BCUT2D eigenvalue weighted by molar-refractivity contribution is 5.97. The predicted octanol–water partition coefficient (Wildman–Crippen LogP) is 3.46. The maximum absolute atomic E-state index is 11.8. The van der Waals surface area contributed by atoms with Crippen LogP contribution in [0.4, 0.5) is 0 Å². The van der Waals surface area contributed by atoms with Crippen LogP contribution in [0.5, 0.6) is 0 Å². The Labute approximate surface area is 129 Å². The van der Waals surface area contributed by atoms with Crippen molar-refractivity contribution in [3.05, 3.63) is 84.2 Å². The summed E-state index contributed by atoms with van der Waals surface area (Å²) in [5.41, 5.74) is 4.80. The van der Waals surface area contributed by atoms with Crippen LogP contribution in [0, 0.1) is 0 Å². The Hall–Kier alpha value is -3.01. The van der Waals surface area contributed by atoms with Crippen molar-refractivity contribution in [1.82, 2.24) is 10.4 Å². The third-order valence-electron chi connectivity index (χ3n) is 2.79. The molecule has 4 nitrogen and oxygen atoms in total. The second-order valence-corrected chi connectivity index (χ2v) is 4.56. The molecule has 1 amide bonds. The predicted molar refractivity (Wildman–Crippen MR) is 89.4 cm³/mol. The number of benzene rings is 1. The molecule has 0 aliphatic heterocycles. The van der Waals surface area contributed by atoms with Gasteiger partial charge in [-0.1, -0.05) is 48.6 Å². The fourth-order valence-corrected chi connectivity index (χ4v) is 1.66. The Morgan fingerprint density at radius 1 is 1.14 bits per heavy atom. The van der Waals surface area contributed by atoms with Gasteiger partial charge in [-0.15, -0.1) is 0 Å². The van der Waals surface area contributed by atoms with Crippen molar-refractivity contribution in [1.29, 1.82) is 0 Å². The Bertz CT molecular complexity index is 689. The molecule has 110 valence electrons. The van der Waals surface area contributed by atoms with E-state index in [1.54, 1.807) is 18.3 Å². The molecule has 4 heteroatoms. The SMILES string of the molecule is CC(/C=C/C=C/c1ccccc1)=NNC(=O)c1cccnc1. The summed E-state index contributed by atoms with van der Waals surface area (Å²) in [6, 6.07) is 13.4. The Kier molecular flexibility index (Phi) is 5.81. The van der Waals surface area contributed by atoms with Crippen molar-refractivity contribution in [3.8, 4) is 0 Å². The molecule has 1 N–H and O–H groups in total. The van der Waals surface area contributed by atoms with Crippen LogP contribution in [0.25, 0.3) is 6.08 Å². The third kappa shape index (κ3) is 5.17. The van der Waals surface area contributed by atoms with E-state index >= 15 is 0 Å². The molecule has 0 bridgehead atoms. The summed E-state index contributed by atoms with van der Waals surface area (Å²) in [4.78, 5) is 15.7. The molecule has 0 aliphatic rings. The number of carbonyl (C=O) groups is 1. The van der Waals surface area contributed by atoms with E-state index in [0.29, 0.717) is 11.3 Å². The number of aromatic nitrogens is 1. The standard InChI is InChI=1S/C18H17N3O/c1-15(8-5-6-11-16-9-3-2-4-10-16)20-21-18(22)17-12-7-13-19-14-17/h2-14H,1H3,(H,21,22)/b8-5+,11-6+,20-15?. The van der Waals surface area contributed by atoms with Crippen LogP contribution in [0.2, 0.25) is 0 Å². The number of hydrogen-bond acceptors (Lipinski definition) is 3. The van der Waals surface area contributed by atoms with E-state index in [-0.39, 0.29) is 5.91 Å². The van der Waals surface area contributed by atoms with Crippen LogP contribution >= 0.6 is 0 Å². The average Bonchev–Trinajstić information content (AvgIpc) is 2.58. The first kappa shape index (κ1) is 15.4. The summed E-state index contributed by atoms with van der Waals surface area (Å²) in [6.07, 6.45) is 10.7. The van der Waals surface area contributed by atoms with E-state index in [2.05, 4.69) is 15.5 Å². The van der Waals surface area contributed by atoms with Gasteiger partial charge in [-0.25, -0.2) is 5.43 Å². The number of amides is 1. The molecule has 0 saturated carbocycles. The highest BCUT2D eigenvalue weighted by Gasteiger charge is 2.02. The lowest BCUT2D eigenvalue weighted by Crippen LogP contribution is -2.18. The molecule has 0 fully saturated rings. The molecule has 2 rings (SSSR count). The molecule has 1 aromatic carbocycles. The topological polar surface area (TPSA) is 54.4 Å². The van der Waals surface area contributed by atoms with Crippen LogP contribution in [-0.2, 0) is 0 Å². The lowest BCUT2D eigenvalue weighted by atomic mass is 10.2. The summed E-state index contributed by atoms with van der Waals surface area (Å²) in [6.45, 7) is 1.82. The van der Waals surface area contributed by atoms with Crippen molar-refractivity contribution in [3.63, 3.8) is 0 Å². The van der Waals surface area contributed by atoms with Crippen molar-refractivity contribution < 1.29 is 4.79 Å². The molecule has 1 aromatic heterocycles. The number of pyridine rings is 1. The molecular formula is C18H17N3O. The maximum atomic E-state index is 11.8. The molecule has 0 spiro atoms. The Morgan fingerprint density at radius 2 is 1.95 bits per heavy atom. The zero-order chi connectivity index (χ0) is 15.6. The van der Waals surface area contributed by atoms with E-state index in [1.807, 2.05) is 61.6 Å². The summed E-state index contributed by atoms with van der Waals surface area (Å²) >= 11 is 0. The first-order valence-electron chi connectivity index (χ1n) is 6.90. The van der Waals surface area contributed by atoms with Crippen molar-refractivity contribution in [2.75, 3.05) is 0 Å². The van der Waals surface area contributed by atoms with Crippen molar-refractivity contribution >= 4 is 17.7 Å². The highest BCUT2D eigenvalue weighted by atomic mass is 16.2. The summed E-state index contributed by atoms with van der Waals surface area (Å²) in [5, 5.41) is 4.01. The molecule has 1 heterocycles. The smallest absolute Gasteiger partial charge is 0.267 e. The Balaban J connectivity index is 1.86. The minimum atomic E-state index is -0.277. The summed E-state index contributed by atoms with van der Waals surface area (Å²) in [5.74, 6) is -0.277. The average molecular weight is 291 g/mol. The van der Waals surface area contributed by atoms with Crippen molar-refractivity contribution in [2.45, 2.75) is 6.92 Å². The van der Waals surface area contributed by atoms with E-state index in [1.165, 1.54) is 6.20 Å². The number of carbonyl (C=O) groups excluding carboxylic acids is 1. The number of hydrazone groups is 1. The van der Waals surface area contributed by atoms with Gasteiger partial charge in [0, 0.05) is 12.4 Å². The van der Waals surface area contributed by atoms with Crippen LogP contribution in [0.15, 0.2) is 78.2 Å². The minimum Gasteiger partial charge on any atom is -0.267 e. The minimum absolute atomic E-state index is 0.277. The van der Waals surface area contributed by atoms with Gasteiger partial charge in [0.1, 0.15) is 0 Å². The van der Waals surface area contributed by atoms with Crippen LogP contribution in [0.3, 0.4) is 0 Å². The molecule has 0 atom stereocenters. The van der Waals surface area contributed by atoms with Crippen molar-refractivity contribution in [2.24, 2.45) is 5.10 Å². The van der Waals surface area contributed by atoms with Crippen LogP contribution in [-0.4, -0.2) is 16.6 Å². The second kappa shape index (κ2) is 8.32. The molecule has 22 heavy (non-hydrogen) atoms. The van der Waals surface area contributed by atoms with Gasteiger partial charge in [-0.05, 0) is 30.7 Å². The molecule has 0 aliphatic carbocycles. The first-order valence-corrected chi connectivity index (χ1v) is 6.90. The number of nitrogens with zero attached hydrogens (tertiary/aromatic N) is 2. The lowest BCUT2D eigenvalue weighted by Gasteiger charge is -1.99. The van der Waals surface area contributed by atoms with Gasteiger partial charge in [-0.3, -0.25) is 9.78 Å². The Morgan fingerprint density at radius 3 is 2.68 bits per heavy atom. The number of nitrogens with one attached hydrogen (secondary N) is 1. The van der Waals surface area contributed by atoms with Gasteiger partial charge in [0.25, 0.3) is 5.91 Å². The molecule has 0 radical (unpaired) electrons. The molecular weight excluding hydrogens is 274 g/mol. The lowest BCUT2D eigenvalue weighted by molar-refractivity contribution is 0.0954. The second-order valence-electron chi connectivity index (χ2n) is 4.56. The largest absolute Gasteiger partial charge is 0.272 e. The number of rotatable bonds is 5. The van der Waals surface area contributed by atoms with Gasteiger partial charge in [-0.2, -0.15) is 5.10 Å². The van der Waals surface area contributed by atoms with Gasteiger partial charge >= 0.3 is 0 Å². The van der Waals surface area contributed by atoms with E-state index < -0.39 is 0 Å². The van der Waals surface area contributed by atoms with E-state index in [0.717, 1.165) is 5.56 Å². The van der Waals surface area contributed by atoms with Gasteiger partial charge in [0.05, 0.1) is 11.3 Å². The third-order valence-corrected chi connectivity index (χ3v) is 2.79. The normalized spacial score (nSPS) is 12.0. The van der Waals surface area contributed by atoms with Gasteiger partial charge < -0.3 is 0 Å². The fourth-order valence-electron chi connectivity index (χ4n) is 1.66. The first-order chi connectivity index (χ1) is 10.8. The van der Waals surface area contributed by atoms with Gasteiger partial charge in [0.15, 0.2) is 0 Å². The van der Waals surface area contributed by atoms with Gasteiger partial charge in [0.2, 0.25) is 0 Å². The molecule has 2 aromatic rings.